The van der Waals surface area contributed by atoms with Crippen LogP contribution in [0.25, 0.3) is 0 Å². The largest absolute Gasteiger partial charge is 0.421 e. The summed E-state index contributed by atoms with van der Waals surface area (Å²) in [7, 11) is 0. The fourth-order valence-corrected chi connectivity index (χ4v) is 2.93. The molecule has 2 heterocycles. The van der Waals surface area contributed by atoms with Crippen molar-refractivity contribution in [2.75, 3.05) is 17.2 Å². The zero-order valence-corrected chi connectivity index (χ0v) is 14.7. The van der Waals surface area contributed by atoms with E-state index in [1.165, 1.54) is 0 Å². The lowest BCUT2D eigenvalue weighted by Gasteiger charge is -2.32. The summed E-state index contributed by atoms with van der Waals surface area (Å²) >= 11 is 0. The number of rotatable bonds is 6. The lowest BCUT2D eigenvalue weighted by atomic mass is 9.87. The summed E-state index contributed by atoms with van der Waals surface area (Å²) < 4.78 is 40.9. The monoisotopic (exact) mass is 381 g/mol. The number of nitrogens with zero attached hydrogens (tertiary/aromatic N) is 5. The molecule has 2 N–H and O–H groups in total. The van der Waals surface area contributed by atoms with Crippen LogP contribution in [0, 0.1) is 6.92 Å². The van der Waals surface area contributed by atoms with Crippen molar-refractivity contribution in [2.24, 2.45) is 4.99 Å². The van der Waals surface area contributed by atoms with Crippen LogP contribution in [0.2, 0.25) is 0 Å². The molecule has 27 heavy (non-hydrogen) atoms. The molecule has 1 aliphatic rings. The SMILES string of the molecule is CCNc1nc(Nc2cnn(C3CC(N=C=O)C3)c2C)ncc1C(F)(F)F. The molecule has 0 radical (unpaired) electrons. The second kappa shape index (κ2) is 7.36. The van der Waals surface area contributed by atoms with E-state index in [1.54, 1.807) is 23.9 Å². The van der Waals surface area contributed by atoms with E-state index in [-0.39, 0.29) is 23.8 Å². The Labute approximate surface area is 152 Å². The number of hydrogen-bond donors (Lipinski definition) is 2. The fourth-order valence-electron chi connectivity index (χ4n) is 2.93. The van der Waals surface area contributed by atoms with Crippen molar-refractivity contribution in [3.8, 4) is 0 Å². The molecule has 0 amide bonds. The maximum Gasteiger partial charge on any atom is 0.421 e. The predicted molar refractivity (Wildman–Crippen MR) is 91.6 cm³/mol. The van der Waals surface area contributed by atoms with Gasteiger partial charge in [0.2, 0.25) is 12.0 Å². The van der Waals surface area contributed by atoms with Crippen molar-refractivity contribution in [3.63, 3.8) is 0 Å². The summed E-state index contributed by atoms with van der Waals surface area (Å²) in [5.41, 5.74) is 0.472. The Kier molecular flexibility index (Phi) is 5.13. The lowest BCUT2D eigenvalue weighted by molar-refractivity contribution is -0.137. The van der Waals surface area contributed by atoms with Gasteiger partial charge >= 0.3 is 6.18 Å². The number of alkyl halides is 3. The van der Waals surface area contributed by atoms with Gasteiger partial charge in [0.15, 0.2) is 0 Å². The first-order chi connectivity index (χ1) is 12.8. The smallest absolute Gasteiger partial charge is 0.370 e. The number of carbonyl (C=O) groups excluding carboxylic acids is 1. The Morgan fingerprint density at radius 3 is 2.74 bits per heavy atom. The van der Waals surface area contributed by atoms with Gasteiger partial charge in [-0.15, -0.1) is 0 Å². The van der Waals surface area contributed by atoms with Crippen molar-refractivity contribution in [1.29, 1.82) is 0 Å². The highest BCUT2D eigenvalue weighted by molar-refractivity contribution is 5.58. The first kappa shape index (κ1) is 18.8. The van der Waals surface area contributed by atoms with Crippen LogP contribution in [0.3, 0.4) is 0 Å². The van der Waals surface area contributed by atoms with Gasteiger partial charge in [-0.1, -0.05) is 0 Å². The summed E-state index contributed by atoms with van der Waals surface area (Å²) in [5, 5.41) is 9.83. The minimum Gasteiger partial charge on any atom is -0.370 e. The molecular formula is C16H18F3N7O. The number of hydrogen-bond acceptors (Lipinski definition) is 7. The highest BCUT2D eigenvalue weighted by atomic mass is 19.4. The molecule has 1 aliphatic carbocycles. The Balaban J connectivity index is 1.78. The van der Waals surface area contributed by atoms with E-state index in [1.807, 2.05) is 6.92 Å². The Morgan fingerprint density at radius 1 is 1.37 bits per heavy atom. The number of anilines is 3. The average molecular weight is 381 g/mol. The molecule has 0 aromatic carbocycles. The van der Waals surface area contributed by atoms with Crippen molar-refractivity contribution in [2.45, 2.75) is 44.9 Å². The third-order valence-corrected chi connectivity index (χ3v) is 4.40. The minimum atomic E-state index is -4.54. The number of isocyanates is 1. The lowest BCUT2D eigenvalue weighted by Crippen LogP contribution is -2.31. The molecule has 0 spiro atoms. The molecule has 3 rings (SSSR count). The van der Waals surface area contributed by atoms with E-state index in [9.17, 15) is 18.0 Å². The normalized spacial score (nSPS) is 19.1. The molecule has 1 fully saturated rings. The van der Waals surface area contributed by atoms with Gasteiger partial charge in [0.1, 0.15) is 11.4 Å². The number of aliphatic imine (C=N–C) groups is 1. The summed E-state index contributed by atoms with van der Waals surface area (Å²) in [5.74, 6) is -0.236. The highest BCUT2D eigenvalue weighted by Gasteiger charge is 2.35. The predicted octanol–water partition coefficient (Wildman–Crippen LogP) is 3.22. The van der Waals surface area contributed by atoms with Crippen LogP contribution in [-0.2, 0) is 11.0 Å². The van der Waals surface area contributed by atoms with Crippen LogP contribution in [0.5, 0.6) is 0 Å². The van der Waals surface area contributed by atoms with Gasteiger partial charge < -0.3 is 10.6 Å². The second-order valence-corrected chi connectivity index (χ2v) is 6.20. The molecule has 0 saturated heterocycles. The minimum absolute atomic E-state index is 0.0339. The van der Waals surface area contributed by atoms with Crippen LogP contribution < -0.4 is 10.6 Å². The number of nitrogens with one attached hydrogen (secondary N) is 2. The van der Waals surface area contributed by atoms with E-state index in [0.29, 0.717) is 25.1 Å². The number of aromatic nitrogens is 4. The number of halogens is 3. The molecule has 0 unspecified atom stereocenters. The topological polar surface area (TPSA) is 97.1 Å². The fraction of sp³-hybridized carbons (Fsp3) is 0.500. The summed E-state index contributed by atoms with van der Waals surface area (Å²) in [4.78, 5) is 21.7. The third kappa shape index (κ3) is 3.92. The van der Waals surface area contributed by atoms with Crippen LogP contribution in [0.15, 0.2) is 17.4 Å². The van der Waals surface area contributed by atoms with Crippen molar-refractivity contribution in [1.82, 2.24) is 19.7 Å². The molecule has 2 aromatic rings. The van der Waals surface area contributed by atoms with Crippen molar-refractivity contribution >= 4 is 23.5 Å². The molecule has 0 aliphatic heterocycles. The van der Waals surface area contributed by atoms with Gasteiger partial charge in [0.25, 0.3) is 0 Å². The molecule has 144 valence electrons. The maximum absolute atomic E-state index is 13.0. The summed E-state index contributed by atoms with van der Waals surface area (Å²) in [6.07, 6.45) is 0.721. The quantitative estimate of drug-likeness (QED) is 0.589. The van der Waals surface area contributed by atoms with Gasteiger partial charge in [-0.2, -0.15) is 23.3 Å². The van der Waals surface area contributed by atoms with Crippen molar-refractivity contribution < 1.29 is 18.0 Å². The van der Waals surface area contributed by atoms with E-state index in [4.69, 9.17) is 0 Å². The molecule has 8 nitrogen and oxygen atoms in total. The van der Waals surface area contributed by atoms with E-state index in [0.717, 1.165) is 11.9 Å². The Hall–Kier alpha value is -2.94. The molecule has 0 bridgehead atoms. The molecule has 0 atom stereocenters. The zero-order valence-electron chi connectivity index (χ0n) is 14.7. The van der Waals surface area contributed by atoms with Crippen LogP contribution in [-0.4, -0.2) is 38.4 Å². The maximum atomic E-state index is 13.0. The van der Waals surface area contributed by atoms with Crippen molar-refractivity contribution in [3.05, 3.63) is 23.7 Å². The first-order valence-corrected chi connectivity index (χ1v) is 8.39. The molecule has 11 heteroatoms. The highest BCUT2D eigenvalue weighted by Crippen LogP contribution is 2.37. The summed E-state index contributed by atoms with van der Waals surface area (Å²) in [6, 6.07) is 0.0851. The summed E-state index contributed by atoms with van der Waals surface area (Å²) in [6.45, 7) is 3.81. The Morgan fingerprint density at radius 2 is 2.11 bits per heavy atom. The van der Waals surface area contributed by atoms with Crippen LogP contribution in [0.4, 0.5) is 30.6 Å². The van der Waals surface area contributed by atoms with Gasteiger partial charge in [0, 0.05) is 12.7 Å². The van der Waals surface area contributed by atoms with Crippen LogP contribution in [0.1, 0.15) is 37.1 Å². The van der Waals surface area contributed by atoms with E-state index >= 15 is 0 Å². The van der Waals surface area contributed by atoms with Gasteiger partial charge in [0.05, 0.1) is 29.7 Å². The van der Waals surface area contributed by atoms with E-state index in [2.05, 4.69) is 30.7 Å². The van der Waals surface area contributed by atoms with Gasteiger partial charge in [-0.25, -0.2) is 14.8 Å². The third-order valence-electron chi connectivity index (χ3n) is 4.40. The standard InChI is InChI=1S/C16H18F3N7O/c1-3-20-14-12(16(17,18)19)6-21-15(25-14)24-13-7-23-26(9(13)2)11-4-10(5-11)22-8-27/h6-7,10-11H,3-5H2,1-2H3,(H2,20,21,24,25). The zero-order chi connectivity index (χ0) is 19.6. The van der Waals surface area contributed by atoms with Gasteiger partial charge in [-0.05, 0) is 26.7 Å². The van der Waals surface area contributed by atoms with Gasteiger partial charge in [-0.3, -0.25) is 4.68 Å². The van der Waals surface area contributed by atoms with E-state index < -0.39 is 11.7 Å². The average Bonchev–Trinajstić information content (AvgIpc) is 2.91. The molecular weight excluding hydrogens is 363 g/mol. The second-order valence-electron chi connectivity index (χ2n) is 6.20. The van der Waals surface area contributed by atoms with Crippen LogP contribution >= 0.6 is 0 Å². The first-order valence-electron chi connectivity index (χ1n) is 8.39. The molecule has 1 saturated carbocycles. The molecule has 2 aromatic heterocycles. The Bertz CT molecular complexity index is 867.